The van der Waals surface area contributed by atoms with Crippen molar-refractivity contribution in [1.82, 2.24) is 5.32 Å². The molecule has 0 saturated carbocycles. The van der Waals surface area contributed by atoms with Gasteiger partial charge in [0.05, 0.1) is 20.8 Å². The second kappa shape index (κ2) is 7.08. The number of halogens is 3. The van der Waals surface area contributed by atoms with Gasteiger partial charge in [0, 0.05) is 6.54 Å². The zero-order valence-corrected chi connectivity index (χ0v) is 10.7. The lowest BCUT2D eigenvalue weighted by molar-refractivity contribution is -0.124. The first-order chi connectivity index (χ1) is 8.98. The molecular weight excluding hydrogens is 263 g/mol. The maximum Gasteiger partial charge on any atom is 0.401 e. The molecule has 4 nitrogen and oxygen atoms in total. The molecule has 0 spiro atoms. The van der Waals surface area contributed by atoms with Gasteiger partial charge in [0.1, 0.15) is 6.61 Å². The van der Waals surface area contributed by atoms with E-state index in [9.17, 15) is 13.2 Å². The fourth-order valence-corrected chi connectivity index (χ4v) is 1.41. The highest BCUT2D eigenvalue weighted by molar-refractivity contribution is 5.51. The molecule has 0 aromatic heterocycles. The molecule has 0 fully saturated rings. The van der Waals surface area contributed by atoms with E-state index < -0.39 is 12.7 Å². The molecule has 0 aliphatic rings. The fourth-order valence-electron chi connectivity index (χ4n) is 1.41. The van der Waals surface area contributed by atoms with E-state index in [1.807, 2.05) is 0 Å². The first-order valence-corrected chi connectivity index (χ1v) is 5.59. The maximum absolute atomic E-state index is 11.9. The summed E-state index contributed by atoms with van der Waals surface area (Å²) in [5, 5.41) is 2.24. The molecule has 1 N–H and O–H groups in total. The Morgan fingerprint density at radius 1 is 1.11 bits per heavy atom. The van der Waals surface area contributed by atoms with Crippen LogP contribution in [0.15, 0.2) is 18.2 Å². The molecule has 108 valence electrons. The molecule has 0 amide bonds. The van der Waals surface area contributed by atoms with Crippen molar-refractivity contribution < 1.29 is 27.4 Å². The molecule has 0 radical (unpaired) electrons. The summed E-state index contributed by atoms with van der Waals surface area (Å²) in [7, 11) is 2.95. The van der Waals surface area contributed by atoms with Crippen LogP contribution in [0.4, 0.5) is 13.2 Å². The first kappa shape index (κ1) is 15.4. The number of para-hydroxylation sites is 1. The maximum atomic E-state index is 11.9. The average molecular weight is 279 g/mol. The van der Waals surface area contributed by atoms with Gasteiger partial charge in [0.2, 0.25) is 5.75 Å². The minimum absolute atomic E-state index is 0.0702. The van der Waals surface area contributed by atoms with Gasteiger partial charge in [0.25, 0.3) is 0 Å². The summed E-state index contributed by atoms with van der Waals surface area (Å²) in [6.07, 6.45) is -4.22. The molecule has 1 aromatic rings. The van der Waals surface area contributed by atoms with Crippen LogP contribution in [0, 0.1) is 0 Å². The van der Waals surface area contributed by atoms with Crippen molar-refractivity contribution in [3.8, 4) is 17.2 Å². The van der Waals surface area contributed by atoms with Crippen molar-refractivity contribution in [1.29, 1.82) is 0 Å². The molecule has 0 unspecified atom stereocenters. The Labute approximate surface area is 109 Å². The number of nitrogens with one attached hydrogen (secondary N) is 1. The number of ether oxygens (including phenoxy) is 3. The van der Waals surface area contributed by atoms with Crippen LogP contribution in [0.1, 0.15) is 0 Å². The number of benzene rings is 1. The quantitative estimate of drug-likeness (QED) is 0.777. The number of methoxy groups -OCH3 is 2. The Hall–Kier alpha value is -1.63. The van der Waals surface area contributed by atoms with E-state index in [0.717, 1.165) is 0 Å². The van der Waals surface area contributed by atoms with E-state index in [-0.39, 0.29) is 13.2 Å². The average Bonchev–Trinajstić information content (AvgIpc) is 2.36. The van der Waals surface area contributed by atoms with Crippen molar-refractivity contribution in [2.24, 2.45) is 0 Å². The fraction of sp³-hybridized carbons (Fsp3) is 0.500. The predicted octanol–water partition coefficient (Wildman–Crippen LogP) is 2.23. The molecule has 0 atom stereocenters. The third-order valence-electron chi connectivity index (χ3n) is 2.23. The molecule has 19 heavy (non-hydrogen) atoms. The van der Waals surface area contributed by atoms with Crippen LogP contribution in [0.3, 0.4) is 0 Å². The molecule has 0 bridgehead atoms. The van der Waals surface area contributed by atoms with Gasteiger partial charge in [-0.25, -0.2) is 0 Å². The van der Waals surface area contributed by atoms with Crippen LogP contribution in [0.5, 0.6) is 17.2 Å². The topological polar surface area (TPSA) is 39.7 Å². The summed E-state index contributed by atoms with van der Waals surface area (Å²) in [6, 6.07) is 5.09. The van der Waals surface area contributed by atoms with Crippen LogP contribution in [0.25, 0.3) is 0 Å². The summed E-state index contributed by atoms with van der Waals surface area (Å²) < 4.78 is 51.3. The van der Waals surface area contributed by atoms with Crippen molar-refractivity contribution in [3.63, 3.8) is 0 Å². The van der Waals surface area contributed by atoms with Crippen molar-refractivity contribution in [2.75, 3.05) is 33.9 Å². The normalized spacial score (nSPS) is 11.2. The monoisotopic (exact) mass is 279 g/mol. The third-order valence-corrected chi connectivity index (χ3v) is 2.23. The van der Waals surface area contributed by atoms with E-state index in [0.29, 0.717) is 17.2 Å². The van der Waals surface area contributed by atoms with E-state index in [2.05, 4.69) is 5.32 Å². The van der Waals surface area contributed by atoms with E-state index in [4.69, 9.17) is 14.2 Å². The SMILES string of the molecule is COc1cccc(OC)c1OCCNCC(F)(F)F. The Kier molecular flexibility index (Phi) is 5.75. The van der Waals surface area contributed by atoms with Crippen LogP contribution in [0.2, 0.25) is 0 Å². The standard InChI is InChI=1S/C12H16F3NO3/c1-17-9-4-3-5-10(18-2)11(9)19-7-6-16-8-12(13,14)15/h3-5,16H,6-8H2,1-2H3. The molecule has 1 rings (SSSR count). The smallest absolute Gasteiger partial charge is 0.401 e. The van der Waals surface area contributed by atoms with Gasteiger partial charge in [-0.05, 0) is 12.1 Å². The molecule has 0 aliphatic heterocycles. The molecule has 0 aliphatic carbocycles. The highest BCUT2D eigenvalue weighted by Gasteiger charge is 2.26. The lowest BCUT2D eigenvalue weighted by atomic mass is 10.3. The van der Waals surface area contributed by atoms with Crippen LogP contribution in [-0.2, 0) is 0 Å². The molecule has 1 aromatic carbocycles. The second-order valence-electron chi connectivity index (χ2n) is 3.63. The Balaban J connectivity index is 2.48. The van der Waals surface area contributed by atoms with Gasteiger partial charge >= 0.3 is 6.18 Å². The second-order valence-corrected chi connectivity index (χ2v) is 3.63. The summed E-state index contributed by atoms with van der Waals surface area (Å²) in [6.45, 7) is -0.896. The van der Waals surface area contributed by atoms with Crippen LogP contribution < -0.4 is 19.5 Å². The number of hydrogen-bond acceptors (Lipinski definition) is 4. The Morgan fingerprint density at radius 2 is 1.68 bits per heavy atom. The minimum atomic E-state index is -4.22. The Morgan fingerprint density at radius 3 is 2.16 bits per heavy atom. The van der Waals surface area contributed by atoms with Crippen LogP contribution in [-0.4, -0.2) is 40.1 Å². The molecule has 0 heterocycles. The van der Waals surface area contributed by atoms with Crippen molar-refractivity contribution >= 4 is 0 Å². The van der Waals surface area contributed by atoms with E-state index >= 15 is 0 Å². The predicted molar refractivity (Wildman–Crippen MR) is 64.0 cm³/mol. The van der Waals surface area contributed by atoms with Crippen molar-refractivity contribution in [3.05, 3.63) is 18.2 Å². The molecular formula is C12H16F3NO3. The lowest BCUT2D eigenvalue weighted by Crippen LogP contribution is -2.31. The van der Waals surface area contributed by atoms with Gasteiger partial charge in [-0.1, -0.05) is 6.07 Å². The Bertz CT molecular complexity index is 374. The van der Waals surface area contributed by atoms with Gasteiger partial charge in [-0.3, -0.25) is 0 Å². The highest BCUT2D eigenvalue weighted by atomic mass is 19.4. The number of rotatable bonds is 7. The largest absolute Gasteiger partial charge is 0.493 e. The zero-order chi connectivity index (χ0) is 14.3. The molecule has 7 heteroatoms. The number of alkyl halides is 3. The summed E-state index contributed by atoms with van der Waals surface area (Å²) in [4.78, 5) is 0. The van der Waals surface area contributed by atoms with Crippen molar-refractivity contribution in [2.45, 2.75) is 6.18 Å². The van der Waals surface area contributed by atoms with Gasteiger partial charge < -0.3 is 19.5 Å². The summed E-state index contributed by atoms with van der Waals surface area (Å²) in [5.74, 6) is 1.31. The summed E-state index contributed by atoms with van der Waals surface area (Å²) >= 11 is 0. The third kappa shape index (κ3) is 5.25. The highest BCUT2D eigenvalue weighted by Crippen LogP contribution is 2.36. The van der Waals surface area contributed by atoms with E-state index in [1.54, 1.807) is 18.2 Å². The summed E-state index contributed by atoms with van der Waals surface area (Å²) in [5.41, 5.74) is 0. The minimum Gasteiger partial charge on any atom is -0.493 e. The van der Waals surface area contributed by atoms with Gasteiger partial charge in [-0.15, -0.1) is 0 Å². The van der Waals surface area contributed by atoms with E-state index in [1.165, 1.54) is 14.2 Å². The van der Waals surface area contributed by atoms with Gasteiger partial charge in [-0.2, -0.15) is 13.2 Å². The van der Waals surface area contributed by atoms with Gasteiger partial charge in [0.15, 0.2) is 11.5 Å². The number of hydrogen-bond donors (Lipinski definition) is 1. The lowest BCUT2D eigenvalue weighted by Gasteiger charge is -2.14. The first-order valence-electron chi connectivity index (χ1n) is 5.59. The zero-order valence-electron chi connectivity index (χ0n) is 10.7. The molecule has 0 saturated heterocycles. The van der Waals surface area contributed by atoms with Crippen LogP contribution >= 0.6 is 0 Å².